The molecule has 0 bridgehead atoms. The minimum absolute atomic E-state index is 0.0189. The normalized spacial score (nSPS) is 19.4. The topological polar surface area (TPSA) is 71.3 Å². The molecular formula is C19H26N4O2. The molecule has 2 aromatic rings. The molecule has 0 unspecified atom stereocenters. The van der Waals surface area contributed by atoms with Crippen molar-refractivity contribution in [1.82, 2.24) is 20.4 Å². The van der Waals surface area contributed by atoms with E-state index >= 15 is 0 Å². The number of carbonyl (C=O) groups is 1. The van der Waals surface area contributed by atoms with E-state index in [1.54, 1.807) is 0 Å². The number of hydrogen-bond acceptors (Lipinski definition) is 5. The monoisotopic (exact) mass is 342 g/mol. The van der Waals surface area contributed by atoms with Crippen LogP contribution in [0.25, 0.3) is 11.1 Å². The van der Waals surface area contributed by atoms with Crippen molar-refractivity contribution in [3.05, 3.63) is 23.0 Å². The van der Waals surface area contributed by atoms with Gasteiger partial charge < -0.3 is 14.7 Å². The lowest BCUT2D eigenvalue weighted by Crippen LogP contribution is -2.44. The number of aryl methyl sites for hydroxylation is 1. The Balaban J connectivity index is 1.53. The van der Waals surface area contributed by atoms with E-state index in [2.05, 4.69) is 27.3 Å². The van der Waals surface area contributed by atoms with Gasteiger partial charge in [-0.05, 0) is 51.6 Å². The highest BCUT2D eigenvalue weighted by Gasteiger charge is 2.29. The largest absolute Gasteiger partial charge is 0.349 e. The summed E-state index contributed by atoms with van der Waals surface area (Å²) in [6.45, 7) is 7.34. The van der Waals surface area contributed by atoms with Crippen LogP contribution in [0.2, 0.25) is 0 Å². The number of aromatic nitrogens is 2. The molecule has 134 valence electrons. The minimum atomic E-state index is -0.0189. The number of pyridine rings is 1. The first-order valence-corrected chi connectivity index (χ1v) is 9.46. The van der Waals surface area contributed by atoms with E-state index < -0.39 is 0 Å². The van der Waals surface area contributed by atoms with Crippen LogP contribution in [0.15, 0.2) is 10.6 Å². The Labute approximate surface area is 148 Å². The third kappa shape index (κ3) is 3.40. The Morgan fingerprint density at radius 2 is 2.08 bits per heavy atom. The average Bonchev–Trinajstić information content (AvgIpc) is 3.40. The minimum Gasteiger partial charge on any atom is -0.349 e. The Hall–Kier alpha value is -1.95. The Kier molecular flexibility index (Phi) is 4.46. The molecule has 1 aliphatic carbocycles. The first-order chi connectivity index (χ1) is 12.2. The van der Waals surface area contributed by atoms with Gasteiger partial charge in [0.2, 0.25) is 0 Å². The fourth-order valence-corrected chi connectivity index (χ4v) is 3.76. The lowest BCUT2D eigenvalue weighted by atomic mass is 10.0. The van der Waals surface area contributed by atoms with E-state index in [9.17, 15) is 4.79 Å². The third-order valence-corrected chi connectivity index (χ3v) is 5.34. The summed E-state index contributed by atoms with van der Waals surface area (Å²) in [7, 11) is 0. The van der Waals surface area contributed by atoms with Gasteiger partial charge in [0.1, 0.15) is 0 Å². The smallest absolute Gasteiger partial charge is 0.259 e. The molecule has 3 heterocycles. The molecular weight excluding hydrogens is 316 g/mol. The second-order valence-electron chi connectivity index (χ2n) is 7.41. The fourth-order valence-electron chi connectivity index (χ4n) is 3.76. The number of nitrogens with zero attached hydrogens (tertiary/aromatic N) is 3. The first kappa shape index (κ1) is 16.5. The summed E-state index contributed by atoms with van der Waals surface area (Å²) >= 11 is 0. The van der Waals surface area contributed by atoms with Crippen molar-refractivity contribution in [1.29, 1.82) is 0 Å². The second-order valence-corrected chi connectivity index (χ2v) is 7.41. The van der Waals surface area contributed by atoms with Crippen LogP contribution >= 0.6 is 0 Å². The maximum absolute atomic E-state index is 13.0. The highest BCUT2D eigenvalue weighted by molar-refractivity contribution is 6.06. The summed E-state index contributed by atoms with van der Waals surface area (Å²) in [5.41, 5.74) is 2.85. The molecule has 0 aromatic carbocycles. The van der Waals surface area contributed by atoms with Gasteiger partial charge in [-0.2, -0.15) is 0 Å². The van der Waals surface area contributed by atoms with Crippen molar-refractivity contribution in [3.63, 3.8) is 0 Å². The van der Waals surface area contributed by atoms with Crippen LogP contribution in [0.3, 0.4) is 0 Å². The molecule has 0 spiro atoms. The van der Waals surface area contributed by atoms with Gasteiger partial charge in [-0.1, -0.05) is 12.1 Å². The number of nitrogens with one attached hydrogen (secondary N) is 1. The number of likely N-dealkylation sites (tertiary alicyclic amines) is 1. The molecule has 4 rings (SSSR count). The van der Waals surface area contributed by atoms with Crippen LogP contribution in [0.1, 0.15) is 66.7 Å². The molecule has 0 radical (unpaired) electrons. The van der Waals surface area contributed by atoms with Crippen molar-refractivity contribution >= 4 is 17.0 Å². The van der Waals surface area contributed by atoms with Gasteiger partial charge in [0.05, 0.1) is 16.6 Å². The highest BCUT2D eigenvalue weighted by Crippen LogP contribution is 2.40. The highest BCUT2D eigenvalue weighted by atomic mass is 16.5. The maximum Gasteiger partial charge on any atom is 0.259 e. The molecule has 1 N–H and O–H groups in total. The molecule has 6 nitrogen and oxygen atoms in total. The van der Waals surface area contributed by atoms with Crippen molar-refractivity contribution in [3.8, 4) is 0 Å². The quantitative estimate of drug-likeness (QED) is 0.904. The number of fused-ring (bicyclic) bond motifs is 1. The van der Waals surface area contributed by atoms with Gasteiger partial charge in [0.15, 0.2) is 0 Å². The second kappa shape index (κ2) is 6.75. The summed E-state index contributed by atoms with van der Waals surface area (Å²) in [6, 6.07) is 2.19. The van der Waals surface area contributed by atoms with Crippen molar-refractivity contribution in [2.75, 3.05) is 19.6 Å². The van der Waals surface area contributed by atoms with Crippen molar-refractivity contribution in [2.45, 2.75) is 57.9 Å². The zero-order valence-corrected chi connectivity index (χ0v) is 15.0. The lowest BCUT2D eigenvalue weighted by molar-refractivity contribution is 0.0912. The standard InChI is InChI=1S/C19H26N4O2/c1-3-8-23-9-6-14(7-10-23)20-18(24)15-11-16(13-4-5-13)21-19-17(15)12(2)22-25-19/h11,13-14H,3-10H2,1-2H3,(H,20,24). The zero-order valence-electron chi connectivity index (χ0n) is 15.0. The molecule has 0 atom stereocenters. The zero-order chi connectivity index (χ0) is 17.4. The Morgan fingerprint density at radius 1 is 1.32 bits per heavy atom. The number of amides is 1. The molecule has 1 saturated carbocycles. The summed E-state index contributed by atoms with van der Waals surface area (Å²) in [5, 5.41) is 8.00. The first-order valence-electron chi connectivity index (χ1n) is 9.46. The molecule has 2 fully saturated rings. The summed E-state index contributed by atoms with van der Waals surface area (Å²) < 4.78 is 5.34. The van der Waals surface area contributed by atoms with Gasteiger partial charge in [-0.25, -0.2) is 4.98 Å². The van der Waals surface area contributed by atoms with Gasteiger partial charge >= 0.3 is 0 Å². The van der Waals surface area contributed by atoms with Crippen molar-refractivity contribution < 1.29 is 9.32 Å². The number of hydrogen-bond donors (Lipinski definition) is 1. The number of piperidine rings is 1. The predicted molar refractivity (Wildman–Crippen MR) is 95.7 cm³/mol. The van der Waals surface area contributed by atoms with Crippen LogP contribution in [-0.4, -0.2) is 46.6 Å². The van der Waals surface area contributed by atoms with Crippen LogP contribution < -0.4 is 5.32 Å². The molecule has 2 aromatic heterocycles. The summed E-state index contributed by atoms with van der Waals surface area (Å²) in [5.74, 6) is 0.452. The van der Waals surface area contributed by atoms with Crippen LogP contribution in [0.5, 0.6) is 0 Å². The summed E-state index contributed by atoms with van der Waals surface area (Å²) in [4.78, 5) is 20.0. The van der Waals surface area contributed by atoms with Gasteiger partial charge in [-0.3, -0.25) is 4.79 Å². The molecule has 6 heteroatoms. The van der Waals surface area contributed by atoms with E-state index in [1.807, 2.05) is 13.0 Å². The number of rotatable bonds is 5. The number of carbonyl (C=O) groups excluding carboxylic acids is 1. The Bertz CT molecular complexity index is 773. The molecule has 1 amide bonds. The SMILES string of the molecule is CCCN1CCC(NC(=O)c2cc(C3CC3)nc3onc(C)c23)CC1. The van der Waals surface area contributed by atoms with E-state index in [-0.39, 0.29) is 11.9 Å². The van der Waals surface area contributed by atoms with Crippen LogP contribution in [0, 0.1) is 6.92 Å². The van der Waals surface area contributed by atoms with E-state index in [0.29, 0.717) is 17.2 Å². The third-order valence-electron chi connectivity index (χ3n) is 5.34. The van der Waals surface area contributed by atoms with Gasteiger partial charge in [-0.15, -0.1) is 0 Å². The molecule has 1 aliphatic heterocycles. The predicted octanol–water partition coefficient (Wildman–Crippen LogP) is 3.01. The van der Waals surface area contributed by atoms with Gasteiger partial charge in [0, 0.05) is 30.7 Å². The van der Waals surface area contributed by atoms with Crippen LogP contribution in [0.4, 0.5) is 0 Å². The van der Waals surface area contributed by atoms with Gasteiger partial charge in [0.25, 0.3) is 11.6 Å². The molecule has 2 aliphatic rings. The van der Waals surface area contributed by atoms with E-state index in [1.165, 1.54) is 6.42 Å². The fraction of sp³-hybridized carbons (Fsp3) is 0.632. The van der Waals surface area contributed by atoms with E-state index in [0.717, 1.165) is 62.1 Å². The maximum atomic E-state index is 13.0. The lowest BCUT2D eigenvalue weighted by Gasteiger charge is -2.32. The van der Waals surface area contributed by atoms with Crippen molar-refractivity contribution in [2.24, 2.45) is 0 Å². The average molecular weight is 342 g/mol. The molecule has 1 saturated heterocycles. The van der Waals surface area contributed by atoms with Crippen LogP contribution in [-0.2, 0) is 0 Å². The Morgan fingerprint density at radius 3 is 2.76 bits per heavy atom. The summed E-state index contributed by atoms with van der Waals surface area (Å²) in [6.07, 6.45) is 5.49. The molecule has 25 heavy (non-hydrogen) atoms. The van der Waals surface area contributed by atoms with E-state index in [4.69, 9.17) is 4.52 Å².